The molecule has 1 amide bonds. The molecule has 0 unspecified atom stereocenters. The number of aromatic nitrogens is 4. The third-order valence-electron chi connectivity index (χ3n) is 3.43. The van der Waals surface area contributed by atoms with E-state index in [-0.39, 0.29) is 29.0 Å². The number of nitrogen functional groups attached to an aromatic ring is 1. The molecule has 2 heterocycles. The Labute approximate surface area is 148 Å². The molecule has 8 nitrogen and oxygen atoms in total. The molecule has 0 radical (unpaired) electrons. The molecular weight excluding hydrogens is 344 g/mol. The number of halogens is 1. The van der Waals surface area contributed by atoms with Gasteiger partial charge in [-0.2, -0.15) is 5.10 Å². The van der Waals surface area contributed by atoms with Crippen molar-refractivity contribution in [3.63, 3.8) is 0 Å². The minimum absolute atomic E-state index is 0.0281. The fourth-order valence-electron chi connectivity index (χ4n) is 2.23. The largest absolute Gasteiger partial charge is 0.496 e. The molecule has 0 atom stereocenters. The van der Waals surface area contributed by atoms with Gasteiger partial charge >= 0.3 is 0 Å². The smallest absolute Gasteiger partial charge is 0.274 e. The number of nitrogens with zero attached hydrogens (tertiary/aromatic N) is 4. The average Bonchev–Trinajstić information content (AvgIpc) is 3.16. The normalized spacial score (nSPS) is 10.5. The second-order valence-electron chi connectivity index (χ2n) is 5.02. The predicted octanol–water partition coefficient (Wildman–Crippen LogP) is 1.84. The van der Waals surface area contributed by atoms with E-state index in [1.165, 1.54) is 4.68 Å². The maximum Gasteiger partial charge on any atom is 0.274 e. The van der Waals surface area contributed by atoms with Crippen LogP contribution in [0.3, 0.4) is 0 Å². The van der Waals surface area contributed by atoms with Gasteiger partial charge in [0.05, 0.1) is 7.11 Å². The lowest BCUT2D eigenvalue weighted by atomic mass is 10.2. The van der Waals surface area contributed by atoms with Crippen LogP contribution in [-0.2, 0) is 6.54 Å². The van der Waals surface area contributed by atoms with E-state index in [0.717, 1.165) is 5.56 Å². The van der Waals surface area contributed by atoms with Gasteiger partial charge in [-0.3, -0.25) is 4.79 Å². The molecular formula is C16H15ClN6O2. The van der Waals surface area contributed by atoms with Crippen LogP contribution < -0.4 is 15.8 Å². The van der Waals surface area contributed by atoms with E-state index >= 15 is 0 Å². The lowest BCUT2D eigenvalue weighted by Crippen LogP contribution is -2.26. The standard InChI is InChI=1S/C16H15ClN6O2/c1-25-11-6-3-2-5-10(11)9-19-16(24)12-14(18)22-15(13(17)21-12)23-8-4-7-20-23/h2-8H,9H2,1H3,(H2,18,22)(H,19,24). The highest BCUT2D eigenvalue weighted by atomic mass is 35.5. The molecule has 0 aliphatic heterocycles. The van der Waals surface area contributed by atoms with Crippen molar-refractivity contribution in [3.05, 3.63) is 59.1 Å². The number of rotatable bonds is 5. The summed E-state index contributed by atoms with van der Waals surface area (Å²) in [7, 11) is 1.57. The number of benzene rings is 1. The highest BCUT2D eigenvalue weighted by Gasteiger charge is 2.18. The zero-order valence-electron chi connectivity index (χ0n) is 13.3. The molecule has 0 aliphatic carbocycles. The van der Waals surface area contributed by atoms with E-state index in [0.29, 0.717) is 5.75 Å². The van der Waals surface area contributed by atoms with Crippen LogP contribution in [0.15, 0.2) is 42.7 Å². The Hall–Kier alpha value is -3.13. The maximum absolute atomic E-state index is 12.4. The minimum Gasteiger partial charge on any atom is -0.496 e. The van der Waals surface area contributed by atoms with Crippen LogP contribution in [0.4, 0.5) is 5.82 Å². The lowest BCUT2D eigenvalue weighted by Gasteiger charge is -2.11. The van der Waals surface area contributed by atoms with E-state index in [2.05, 4.69) is 20.4 Å². The van der Waals surface area contributed by atoms with Gasteiger partial charge in [-0.15, -0.1) is 0 Å². The zero-order chi connectivity index (χ0) is 17.8. The Bertz CT molecular complexity index is 898. The summed E-state index contributed by atoms with van der Waals surface area (Å²) in [5.74, 6) is 0.414. The van der Waals surface area contributed by atoms with Crippen LogP contribution in [0.5, 0.6) is 5.75 Å². The first kappa shape index (κ1) is 16.7. The molecule has 0 aliphatic rings. The Morgan fingerprint density at radius 3 is 2.84 bits per heavy atom. The number of carbonyl (C=O) groups is 1. The Morgan fingerprint density at radius 2 is 2.12 bits per heavy atom. The van der Waals surface area contributed by atoms with E-state index < -0.39 is 5.91 Å². The number of amides is 1. The number of methoxy groups -OCH3 is 1. The summed E-state index contributed by atoms with van der Waals surface area (Å²) in [5.41, 5.74) is 6.64. The molecule has 3 rings (SSSR count). The summed E-state index contributed by atoms with van der Waals surface area (Å²) in [5, 5.41) is 6.78. The third-order valence-corrected chi connectivity index (χ3v) is 3.69. The minimum atomic E-state index is -0.482. The molecule has 0 fully saturated rings. The van der Waals surface area contributed by atoms with Gasteiger partial charge < -0.3 is 15.8 Å². The predicted molar refractivity (Wildman–Crippen MR) is 92.7 cm³/mol. The van der Waals surface area contributed by atoms with Gasteiger partial charge in [0, 0.05) is 24.5 Å². The molecule has 0 saturated heterocycles. The summed E-state index contributed by atoms with van der Waals surface area (Å²) >= 11 is 6.11. The first-order valence-corrected chi connectivity index (χ1v) is 7.71. The number of hydrogen-bond donors (Lipinski definition) is 2. The average molecular weight is 359 g/mol. The number of nitrogens with one attached hydrogen (secondary N) is 1. The van der Waals surface area contributed by atoms with E-state index in [1.807, 2.05) is 24.3 Å². The second kappa shape index (κ2) is 7.18. The molecule has 1 aromatic carbocycles. The van der Waals surface area contributed by atoms with Gasteiger partial charge in [-0.1, -0.05) is 29.8 Å². The van der Waals surface area contributed by atoms with Crippen molar-refractivity contribution in [3.8, 4) is 11.6 Å². The van der Waals surface area contributed by atoms with Crippen molar-refractivity contribution in [2.24, 2.45) is 0 Å². The molecule has 0 saturated carbocycles. The number of hydrogen-bond acceptors (Lipinski definition) is 6. The number of anilines is 1. The topological polar surface area (TPSA) is 108 Å². The van der Waals surface area contributed by atoms with E-state index in [1.54, 1.807) is 25.6 Å². The summed E-state index contributed by atoms with van der Waals surface area (Å²) in [4.78, 5) is 20.6. The number of carbonyl (C=O) groups excluding carboxylic acids is 1. The van der Waals surface area contributed by atoms with Gasteiger partial charge in [0.25, 0.3) is 5.91 Å². The number of para-hydroxylation sites is 1. The molecule has 2 aromatic heterocycles. The van der Waals surface area contributed by atoms with Crippen LogP contribution in [0.2, 0.25) is 5.15 Å². The van der Waals surface area contributed by atoms with Crippen molar-refractivity contribution in [2.45, 2.75) is 6.54 Å². The molecule has 0 bridgehead atoms. The first-order valence-electron chi connectivity index (χ1n) is 7.33. The van der Waals surface area contributed by atoms with Crippen LogP contribution in [0.25, 0.3) is 5.82 Å². The van der Waals surface area contributed by atoms with E-state index in [4.69, 9.17) is 22.1 Å². The Balaban J connectivity index is 1.79. The van der Waals surface area contributed by atoms with Crippen molar-refractivity contribution in [2.75, 3.05) is 12.8 Å². The van der Waals surface area contributed by atoms with Crippen molar-refractivity contribution >= 4 is 23.3 Å². The van der Waals surface area contributed by atoms with Crippen molar-refractivity contribution in [1.82, 2.24) is 25.1 Å². The maximum atomic E-state index is 12.4. The van der Waals surface area contributed by atoms with Crippen LogP contribution in [0, 0.1) is 0 Å². The fourth-order valence-corrected chi connectivity index (χ4v) is 2.45. The van der Waals surface area contributed by atoms with Crippen LogP contribution in [0.1, 0.15) is 16.1 Å². The van der Waals surface area contributed by atoms with Crippen molar-refractivity contribution < 1.29 is 9.53 Å². The zero-order valence-corrected chi connectivity index (χ0v) is 14.1. The van der Waals surface area contributed by atoms with Gasteiger partial charge in [0.1, 0.15) is 5.75 Å². The quantitative estimate of drug-likeness (QED) is 0.720. The molecule has 25 heavy (non-hydrogen) atoms. The van der Waals surface area contributed by atoms with Gasteiger partial charge in [-0.05, 0) is 12.1 Å². The summed E-state index contributed by atoms with van der Waals surface area (Å²) in [6.07, 6.45) is 3.22. The van der Waals surface area contributed by atoms with Crippen LogP contribution >= 0.6 is 11.6 Å². The highest BCUT2D eigenvalue weighted by Crippen LogP contribution is 2.20. The Kier molecular flexibility index (Phi) is 4.80. The van der Waals surface area contributed by atoms with Gasteiger partial charge in [0.15, 0.2) is 22.5 Å². The molecule has 3 N–H and O–H groups in total. The van der Waals surface area contributed by atoms with Crippen LogP contribution in [-0.4, -0.2) is 32.8 Å². The molecule has 128 valence electrons. The summed E-state index contributed by atoms with van der Waals surface area (Å²) < 4.78 is 6.67. The van der Waals surface area contributed by atoms with Gasteiger partial charge in [0.2, 0.25) is 0 Å². The summed E-state index contributed by atoms with van der Waals surface area (Å²) in [6, 6.07) is 9.07. The van der Waals surface area contributed by atoms with E-state index in [9.17, 15) is 4.79 Å². The molecule has 3 aromatic rings. The Morgan fingerprint density at radius 1 is 1.32 bits per heavy atom. The lowest BCUT2D eigenvalue weighted by molar-refractivity contribution is 0.0946. The first-order chi connectivity index (χ1) is 12.1. The molecule has 9 heteroatoms. The summed E-state index contributed by atoms with van der Waals surface area (Å²) in [6.45, 7) is 0.252. The number of ether oxygens (including phenoxy) is 1. The SMILES string of the molecule is COc1ccccc1CNC(=O)c1nc(Cl)c(-n2cccn2)nc1N. The highest BCUT2D eigenvalue weighted by molar-refractivity contribution is 6.31. The fraction of sp³-hybridized carbons (Fsp3) is 0.125. The monoisotopic (exact) mass is 358 g/mol. The second-order valence-corrected chi connectivity index (χ2v) is 5.38. The van der Waals surface area contributed by atoms with Crippen molar-refractivity contribution in [1.29, 1.82) is 0 Å². The van der Waals surface area contributed by atoms with Gasteiger partial charge in [-0.25, -0.2) is 14.6 Å². The third kappa shape index (κ3) is 3.53. The molecule has 0 spiro atoms. The number of nitrogens with two attached hydrogens (primary N) is 1.